The smallest absolute Gasteiger partial charge is 0.393 e. The Morgan fingerprint density at radius 2 is 1.70 bits per heavy atom. The van der Waals surface area contributed by atoms with Gasteiger partial charge in [0.15, 0.2) is 11.6 Å². The lowest BCUT2D eigenvalue weighted by atomic mass is 10.0. The van der Waals surface area contributed by atoms with Crippen LogP contribution in [0.2, 0.25) is 5.02 Å². The number of carbonyl (C=O) groups is 1. The quantitative estimate of drug-likeness (QED) is 0.290. The minimum absolute atomic E-state index is 0.00753. The molecular formula is C22H16ClF3N6O. The lowest BCUT2D eigenvalue weighted by molar-refractivity contribution is -0.137. The van der Waals surface area contributed by atoms with Crippen molar-refractivity contribution in [1.29, 1.82) is 0 Å². The van der Waals surface area contributed by atoms with Gasteiger partial charge in [-0.3, -0.25) is 15.6 Å². The minimum Gasteiger partial charge on any atom is -0.393 e. The average molecular weight is 473 g/mol. The number of benzene rings is 3. The summed E-state index contributed by atoms with van der Waals surface area (Å²) in [6.07, 6.45) is -3.41. The third-order valence-electron chi connectivity index (χ3n) is 4.76. The predicted octanol–water partition coefficient (Wildman–Crippen LogP) is 5.38. The molecule has 7 nitrogen and oxygen atoms in total. The van der Waals surface area contributed by atoms with Crippen LogP contribution in [0.15, 0.2) is 67.0 Å². The van der Waals surface area contributed by atoms with E-state index in [1.165, 1.54) is 0 Å². The largest absolute Gasteiger partial charge is 0.416 e. The van der Waals surface area contributed by atoms with Crippen molar-refractivity contribution in [3.05, 3.63) is 83.1 Å². The summed E-state index contributed by atoms with van der Waals surface area (Å²) in [4.78, 5) is 20.6. The summed E-state index contributed by atoms with van der Waals surface area (Å²) in [5, 5.41) is 4.38. The molecule has 1 heterocycles. The number of amides is 1. The molecule has 0 aliphatic rings. The summed E-state index contributed by atoms with van der Waals surface area (Å²) in [6.45, 7) is 0. The molecule has 1 aromatic heterocycles. The normalized spacial score (nSPS) is 11.3. The Kier molecular flexibility index (Phi) is 5.93. The number of aromatic nitrogens is 2. The van der Waals surface area contributed by atoms with Crippen molar-refractivity contribution in [2.24, 2.45) is 0 Å². The van der Waals surface area contributed by atoms with Crippen LogP contribution in [0.25, 0.3) is 10.8 Å². The van der Waals surface area contributed by atoms with E-state index in [0.717, 1.165) is 35.3 Å². The third-order valence-corrected chi connectivity index (χ3v) is 5.09. The molecule has 4 rings (SSSR count). The summed E-state index contributed by atoms with van der Waals surface area (Å²) < 4.78 is 39.1. The van der Waals surface area contributed by atoms with Gasteiger partial charge in [-0.15, -0.1) is 0 Å². The van der Waals surface area contributed by atoms with Gasteiger partial charge in [0.05, 0.1) is 16.3 Å². The van der Waals surface area contributed by atoms with Crippen molar-refractivity contribution in [2.75, 3.05) is 16.5 Å². The number of nitrogens with one attached hydrogen (secondary N) is 3. The topological polar surface area (TPSA) is 105 Å². The maximum Gasteiger partial charge on any atom is 0.416 e. The molecule has 0 saturated carbocycles. The van der Waals surface area contributed by atoms with Gasteiger partial charge in [0, 0.05) is 5.56 Å². The summed E-state index contributed by atoms with van der Waals surface area (Å²) in [6, 6.07) is 15.6. The minimum atomic E-state index is -4.54. The molecule has 33 heavy (non-hydrogen) atoms. The fourth-order valence-electron chi connectivity index (χ4n) is 3.13. The Morgan fingerprint density at radius 3 is 2.48 bits per heavy atom. The summed E-state index contributed by atoms with van der Waals surface area (Å²) in [7, 11) is 0. The first-order chi connectivity index (χ1) is 15.7. The molecule has 0 unspecified atom stereocenters. The van der Waals surface area contributed by atoms with Gasteiger partial charge in [0.25, 0.3) is 5.91 Å². The van der Waals surface area contributed by atoms with Crippen LogP contribution in [0.3, 0.4) is 0 Å². The molecule has 0 atom stereocenters. The number of hydrogen-bond acceptors (Lipinski definition) is 6. The number of carbonyl (C=O) groups excluding carboxylic acids is 1. The summed E-state index contributed by atoms with van der Waals surface area (Å²) in [5.41, 5.74) is 10.7. The maximum absolute atomic E-state index is 13.0. The number of halogens is 4. The number of nitrogens with two attached hydrogens (primary N) is 1. The molecule has 0 spiro atoms. The van der Waals surface area contributed by atoms with Crippen LogP contribution in [0.1, 0.15) is 15.9 Å². The molecule has 3 aromatic carbocycles. The van der Waals surface area contributed by atoms with Gasteiger partial charge >= 0.3 is 6.18 Å². The van der Waals surface area contributed by atoms with Gasteiger partial charge in [-0.25, -0.2) is 9.97 Å². The van der Waals surface area contributed by atoms with E-state index in [-0.39, 0.29) is 28.0 Å². The highest BCUT2D eigenvalue weighted by Gasteiger charge is 2.31. The summed E-state index contributed by atoms with van der Waals surface area (Å²) in [5.74, 6) is -0.377. The molecule has 0 aliphatic carbocycles. The number of nitrogen functional groups attached to an aromatic ring is 1. The first kappa shape index (κ1) is 22.2. The van der Waals surface area contributed by atoms with Crippen LogP contribution in [0.4, 0.5) is 36.2 Å². The average Bonchev–Trinajstić information content (AvgIpc) is 2.79. The van der Waals surface area contributed by atoms with Gasteiger partial charge in [0.1, 0.15) is 12.0 Å². The molecule has 5 N–H and O–H groups in total. The number of rotatable bonds is 5. The Balaban J connectivity index is 1.54. The number of alkyl halides is 3. The fraction of sp³-hybridized carbons (Fsp3) is 0.0455. The van der Waals surface area contributed by atoms with Crippen LogP contribution in [0, 0.1) is 0 Å². The van der Waals surface area contributed by atoms with Crippen molar-refractivity contribution in [1.82, 2.24) is 15.4 Å². The molecule has 0 aliphatic heterocycles. The van der Waals surface area contributed by atoms with Gasteiger partial charge in [-0.05, 0) is 35.0 Å². The van der Waals surface area contributed by atoms with Gasteiger partial charge in [-0.1, -0.05) is 48.0 Å². The van der Waals surface area contributed by atoms with Crippen molar-refractivity contribution >= 4 is 51.3 Å². The van der Waals surface area contributed by atoms with E-state index in [2.05, 4.69) is 26.1 Å². The Bertz CT molecular complexity index is 1340. The number of fused-ring (bicyclic) bond motifs is 1. The second kappa shape index (κ2) is 8.83. The van der Waals surface area contributed by atoms with E-state index in [4.69, 9.17) is 17.3 Å². The predicted molar refractivity (Wildman–Crippen MR) is 121 cm³/mol. The van der Waals surface area contributed by atoms with Crippen molar-refractivity contribution in [3.63, 3.8) is 0 Å². The Morgan fingerprint density at radius 1 is 0.970 bits per heavy atom. The molecule has 0 bridgehead atoms. The van der Waals surface area contributed by atoms with Crippen LogP contribution < -0.4 is 21.9 Å². The molecule has 4 aromatic rings. The van der Waals surface area contributed by atoms with Gasteiger partial charge in [0.2, 0.25) is 0 Å². The lowest BCUT2D eigenvalue weighted by Gasteiger charge is -2.15. The fourth-order valence-corrected chi connectivity index (χ4v) is 3.29. The molecule has 11 heteroatoms. The Labute approximate surface area is 190 Å². The van der Waals surface area contributed by atoms with Gasteiger partial charge < -0.3 is 11.1 Å². The van der Waals surface area contributed by atoms with Crippen LogP contribution in [-0.4, -0.2) is 15.9 Å². The highest BCUT2D eigenvalue weighted by Crippen LogP contribution is 2.36. The lowest BCUT2D eigenvalue weighted by Crippen LogP contribution is -2.30. The van der Waals surface area contributed by atoms with Gasteiger partial charge in [-0.2, -0.15) is 13.2 Å². The Hall–Kier alpha value is -4.05. The van der Waals surface area contributed by atoms with Crippen LogP contribution in [-0.2, 0) is 6.18 Å². The van der Waals surface area contributed by atoms with Crippen molar-refractivity contribution < 1.29 is 18.0 Å². The number of hydrazine groups is 1. The van der Waals surface area contributed by atoms with E-state index in [9.17, 15) is 18.0 Å². The van der Waals surface area contributed by atoms with Crippen LogP contribution in [0.5, 0.6) is 0 Å². The van der Waals surface area contributed by atoms with E-state index < -0.39 is 17.6 Å². The zero-order chi connectivity index (χ0) is 23.6. The number of hydrogen-bond donors (Lipinski definition) is 4. The van der Waals surface area contributed by atoms with Crippen molar-refractivity contribution in [2.45, 2.75) is 6.18 Å². The zero-order valence-electron chi connectivity index (χ0n) is 16.7. The molecule has 0 radical (unpaired) electrons. The molecular weight excluding hydrogens is 457 g/mol. The second-order valence-corrected chi connectivity index (χ2v) is 7.31. The maximum atomic E-state index is 13.0. The summed E-state index contributed by atoms with van der Waals surface area (Å²) >= 11 is 6.02. The van der Waals surface area contributed by atoms with Crippen LogP contribution >= 0.6 is 11.6 Å². The van der Waals surface area contributed by atoms with E-state index >= 15 is 0 Å². The zero-order valence-corrected chi connectivity index (χ0v) is 17.5. The van der Waals surface area contributed by atoms with E-state index in [1.807, 2.05) is 30.3 Å². The highest BCUT2D eigenvalue weighted by atomic mass is 35.5. The third kappa shape index (κ3) is 4.75. The SMILES string of the molecule is Nc1c(NNC(=O)c2cccc3ccccc23)ncnc1Nc1cc(C(F)(F)F)ccc1Cl. The highest BCUT2D eigenvalue weighted by molar-refractivity contribution is 6.33. The molecule has 0 fully saturated rings. The number of nitrogens with zero attached hydrogens (tertiary/aromatic N) is 2. The first-order valence-corrected chi connectivity index (χ1v) is 9.90. The van der Waals surface area contributed by atoms with Crippen molar-refractivity contribution in [3.8, 4) is 0 Å². The standard InChI is InChI=1S/C22H16ClF3N6O/c23-16-9-8-13(22(24,25)26)10-17(16)30-19-18(27)20(29-11-28-19)31-32-21(33)15-7-3-5-12-4-1-2-6-14(12)15/h1-11H,27H2,(H,32,33)(H2,28,29,30,31). The second-order valence-electron chi connectivity index (χ2n) is 6.91. The van der Waals surface area contributed by atoms with E-state index in [1.54, 1.807) is 12.1 Å². The monoisotopic (exact) mass is 472 g/mol. The first-order valence-electron chi connectivity index (χ1n) is 9.52. The van der Waals surface area contributed by atoms with E-state index in [0.29, 0.717) is 5.56 Å². The number of anilines is 4. The molecule has 1 amide bonds. The molecule has 168 valence electrons. The molecule has 0 saturated heterocycles.